The maximum atomic E-state index is 13.6. The third kappa shape index (κ3) is 1.99. The number of anilines is 1. The lowest BCUT2D eigenvalue weighted by molar-refractivity contribution is 0.521. The zero-order valence-corrected chi connectivity index (χ0v) is 9.68. The van der Waals surface area contributed by atoms with Crippen molar-refractivity contribution in [3.8, 4) is 0 Å². The van der Waals surface area contributed by atoms with Gasteiger partial charge in [0.2, 0.25) is 0 Å². The molecule has 0 aliphatic carbocycles. The van der Waals surface area contributed by atoms with Gasteiger partial charge in [-0.3, -0.25) is 0 Å². The average molecular weight is 207 g/mol. The second kappa shape index (κ2) is 3.51. The molecule has 0 amide bonds. The molecule has 1 aliphatic rings. The van der Waals surface area contributed by atoms with Gasteiger partial charge in [0.1, 0.15) is 5.82 Å². The summed E-state index contributed by atoms with van der Waals surface area (Å²) >= 11 is 0. The van der Waals surface area contributed by atoms with E-state index in [-0.39, 0.29) is 11.2 Å². The van der Waals surface area contributed by atoms with Gasteiger partial charge in [-0.25, -0.2) is 4.39 Å². The fourth-order valence-corrected chi connectivity index (χ4v) is 1.86. The molecule has 1 aliphatic heterocycles. The molecule has 1 fully saturated rings. The Labute approximate surface area is 90.9 Å². The van der Waals surface area contributed by atoms with Gasteiger partial charge in [0.05, 0.1) is 0 Å². The lowest BCUT2D eigenvalue weighted by atomic mass is 9.86. The second-order valence-electron chi connectivity index (χ2n) is 5.25. The summed E-state index contributed by atoms with van der Waals surface area (Å²) in [6.45, 7) is 8.35. The van der Waals surface area contributed by atoms with Gasteiger partial charge in [-0.05, 0) is 35.6 Å². The molecule has 0 saturated carbocycles. The minimum absolute atomic E-state index is 0.0910. The summed E-state index contributed by atoms with van der Waals surface area (Å²) in [4.78, 5) is 2.29. The van der Waals surface area contributed by atoms with Crippen LogP contribution in [0.15, 0.2) is 18.2 Å². The Kier molecular flexibility index (Phi) is 2.45. The first-order valence-corrected chi connectivity index (χ1v) is 5.53. The minimum atomic E-state index is -0.120. The molecule has 2 rings (SSSR count). The van der Waals surface area contributed by atoms with Crippen LogP contribution in [0.2, 0.25) is 0 Å². The van der Waals surface area contributed by atoms with Crippen molar-refractivity contribution in [3.05, 3.63) is 29.6 Å². The van der Waals surface area contributed by atoms with Crippen molar-refractivity contribution in [1.82, 2.24) is 0 Å². The molecule has 0 unspecified atom stereocenters. The Morgan fingerprint density at radius 3 is 2.33 bits per heavy atom. The Bertz CT molecular complexity index is 361. The molecule has 0 spiro atoms. The van der Waals surface area contributed by atoms with Crippen LogP contribution in [0, 0.1) is 5.82 Å². The predicted octanol–water partition coefficient (Wildman–Crippen LogP) is 3.33. The normalized spacial score (nSPS) is 16.4. The van der Waals surface area contributed by atoms with E-state index < -0.39 is 0 Å². The van der Waals surface area contributed by atoms with Gasteiger partial charge in [0.25, 0.3) is 0 Å². The highest BCUT2D eigenvalue weighted by Gasteiger charge is 2.21. The Morgan fingerprint density at radius 1 is 1.20 bits per heavy atom. The van der Waals surface area contributed by atoms with Gasteiger partial charge in [0, 0.05) is 18.8 Å². The van der Waals surface area contributed by atoms with Crippen molar-refractivity contribution in [1.29, 1.82) is 0 Å². The predicted molar refractivity (Wildman–Crippen MR) is 61.9 cm³/mol. The summed E-state index contributed by atoms with van der Waals surface area (Å²) in [6.07, 6.45) is 1.25. The van der Waals surface area contributed by atoms with Gasteiger partial charge in [-0.1, -0.05) is 20.8 Å². The number of hydrogen-bond acceptors (Lipinski definition) is 1. The molecule has 0 atom stereocenters. The van der Waals surface area contributed by atoms with E-state index in [4.69, 9.17) is 0 Å². The van der Waals surface area contributed by atoms with Crippen LogP contribution in [0.25, 0.3) is 0 Å². The molecular formula is C13H18FN. The molecule has 0 N–H and O–H groups in total. The molecule has 1 aromatic carbocycles. The highest BCUT2D eigenvalue weighted by molar-refractivity contribution is 5.51. The average Bonchev–Trinajstić information content (AvgIpc) is 2.03. The molecule has 1 heterocycles. The summed E-state index contributed by atoms with van der Waals surface area (Å²) in [5.41, 5.74) is 1.85. The van der Waals surface area contributed by atoms with Gasteiger partial charge >= 0.3 is 0 Å². The second-order valence-corrected chi connectivity index (χ2v) is 5.25. The van der Waals surface area contributed by atoms with Crippen LogP contribution in [0.1, 0.15) is 32.8 Å². The highest BCUT2D eigenvalue weighted by atomic mass is 19.1. The summed E-state index contributed by atoms with van der Waals surface area (Å²) in [5.74, 6) is -0.0910. The first-order chi connectivity index (χ1) is 6.98. The van der Waals surface area contributed by atoms with Crippen LogP contribution in [0.3, 0.4) is 0 Å². The van der Waals surface area contributed by atoms with E-state index in [2.05, 4.69) is 4.90 Å². The van der Waals surface area contributed by atoms with Crippen LogP contribution in [0.5, 0.6) is 0 Å². The van der Waals surface area contributed by atoms with E-state index >= 15 is 0 Å². The Hall–Kier alpha value is -1.05. The van der Waals surface area contributed by atoms with Crippen molar-refractivity contribution in [2.45, 2.75) is 32.6 Å². The third-order valence-electron chi connectivity index (χ3n) is 2.98. The van der Waals surface area contributed by atoms with Crippen LogP contribution in [-0.2, 0) is 5.41 Å². The van der Waals surface area contributed by atoms with Crippen LogP contribution in [0.4, 0.5) is 10.1 Å². The summed E-state index contributed by atoms with van der Waals surface area (Å²) in [7, 11) is 0. The minimum Gasteiger partial charge on any atom is -0.371 e. The topological polar surface area (TPSA) is 3.24 Å². The van der Waals surface area contributed by atoms with Gasteiger partial charge < -0.3 is 4.90 Å². The first kappa shape index (κ1) is 10.5. The molecule has 1 nitrogen and oxygen atoms in total. The molecule has 0 bridgehead atoms. The lowest BCUT2D eigenvalue weighted by Gasteiger charge is -2.34. The molecule has 2 heteroatoms. The zero-order chi connectivity index (χ0) is 11.1. The molecule has 1 saturated heterocycles. The lowest BCUT2D eigenvalue weighted by Crippen LogP contribution is -2.37. The van der Waals surface area contributed by atoms with E-state index in [0.29, 0.717) is 0 Å². The maximum absolute atomic E-state index is 13.6. The molecule has 15 heavy (non-hydrogen) atoms. The number of hydrogen-bond donors (Lipinski definition) is 0. The Balaban J connectivity index is 2.36. The molecular weight excluding hydrogens is 189 g/mol. The maximum Gasteiger partial charge on any atom is 0.127 e. The summed E-state index contributed by atoms with van der Waals surface area (Å²) in [5, 5.41) is 0. The molecule has 0 aromatic heterocycles. The molecule has 0 radical (unpaired) electrons. The number of rotatable bonds is 1. The Morgan fingerprint density at radius 2 is 1.87 bits per heavy atom. The van der Waals surface area contributed by atoms with Crippen molar-refractivity contribution in [2.75, 3.05) is 18.0 Å². The van der Waals surface area contributed by atoms with E-state index in [9.17, 15) is 4.39 Å². The molecule has 1 aromatic rings. The zero-order valence-electron chi connectivity index (χ0n) is 9.68. The van der Waals surface area contributed by atoms with Crippen LogP contribution >= 0.6 is 0 Å². The fraction of sp³-hybridized carbons (Fsp3) is 0.538. The van der Waals surface area contributed by atoms with E-state index in [1.807, 2.05) is 32.9 Å². The highest BCUT2D eigenvalue weighted by Crippen LogP contribution is 2.30. The SMILES string of the molecule is CC(C)(C)c1cc(N2CCC2)ccc1F. The fourth-order valence-electron chi connectivity index (χ4n) is 1.86. The monoisotopic (exact) mass is 207 g/mol. The van der Waals surface area contributed by atoms with Gasteiger partial charge in [-0.15, -0.1) is 0 Å². The van der Waals surface area contributed by atoms with Gasteiger partial charge in [0.15, 0.2) is 0 Å². The first-order valence-electron chi connectivity index (χ1n) is 5.53. The summed E-state index contributed by atoms with van der Waals surface area (Å²) < 4.78 is 13.6. The third-order valence-corrected chi connectivity index (χ3v) is 2.98. The quantitative estimate of drug-likeness (QED) is 0.682. The van der Waals surface area contributed by atoms with Gasteiger partial charge in [-0.2, -0.15) is 0 Å². The number of benzene rings is 1. The largest absolute Gasteiger partial charge is 0.371 e. The number of halogens is 1. The van der Waals surface area contributed by atoms with E-state index in [0.717, 1.165) is 24.3 Å². The number of nitrogens with zero attached hydrogens (tertiary/aromatic N) is 1. The van der Waals surface area contributed by atoms with Crippen molar-refractivity contribution >= 4 is 5.69 Å². The molecule has 82 valence electrons. The standard InChI is InChI=1S/C13H18FN/c1-13(2,3)11-9-10(5-6-12(11)14)15-7-4-8-15/h5-6,9H,4,7-8H2,1-3H3. The van der Waals surface area contributed by atoms with Crippen LogP contribution < -0.4 is 4.90 Å². The van der Waals surface area contributed by atoms with Crippen molar-refractivity contribution in [2.24, 2.45) is 0 Å². The van der Waals surface area contributed by atoms with Crippen molar-refractivity contribution < 1.29 is 4.39 Å². The van der Waals surface area contributed by atoms with E-state index in [1.165, 1.54) is 6.42 Å². The smallest absolute Gasteiger partial charge is 0.127 e. The van der Waals surface area contributed by atoms with Crippen LogP contribution in [-0.4, -0.2) is 13.1 Å². The van der Waals surface area contributed by atoms with Crippen molar-refractivity contribution in [3.63, 3.8) is 0 Å². The van der Waals surface area contributed by atoms with E-state index in [1.54, 1.807) is 6.07 Å². The summed E-state index contributed by atoms with van der Waals surface area (Å²) in [6, 6.07) is 5.46.